The normalized spacial score (nSPS) is 23.4. The zero-order chi connectivity index (χ0) is 23.1. The summed E-state index contributed by atoms with van der Waals surface area (Å²) in [6, 6.07) is 0.710. The quantitative estimate of drug-likeness (QED) is 0.494. The maximum absolute atomic E-state index is 9.73. The monoisotopic (exact) mass is 438 g/mol. The number of allylic oxidation sites excluding steroid dienone is 3. The van der Waals surface area contributed by atoms with E-state index in [1.54, 1.807) is 0 Å². The molecule has 1 aliphatic carbocycles. The highest BCUT2D eigenvalue weighted by Crippen LogP contribution is 2.26. The SMILES string of the molecule is CC/C=C1/C(c2cnn(C(CC)CC)c2)=NC(/C(C=N)=C/N[C@H]2CC[C@@H](O)CC2)=CN1C. The van der Waals surface area contributed by atoms with Gasteiger partial charge >= 0.3 is 0 Å². The number of nitrogens with zero attached hydrogens (tertiary/aromatic N) is 4. The van der Waals surface area contributed by atoms with Crippen molar-refractivity contribution in [2.75, 3.05) is 7.05 Å². The van der Waals surface area contributed by atoms with Crippen molar-refractivity contribution in [3.8, 4) is 0 Å². The van der Waals surface area contributed by atoms with Crippen LogP contribution in [0, 0.1) is 5.41 Å². The number of aromatic nitrogens is 2. The second-order valence-corrected chi connectivity index (χ2v) is 8.68. The Hall–Kier alpha value is -2.67. The maximum atomic E-state index is 9.73. The number of aliphatic hydroxyl groups is 1. The van der Waals surface area contributed by atoms with E-state index < -0.39 is 0 Å². The molecule has 7 nitrogen and oxygen atoms in total. The van der Waals surface area contributed by atoms with E-state index in [2.05, 4.69) is 48.4 Å². The van der Waals surface area contributed by atoms with E-state index in [-0.39, 0.29) is 6.10 Å². The Balaban J connectivity index is 1.90. The highest BCUT2D eigenvalue weighted by molar-refractivity contribution is 6.13. The lowest BCUT2D eigenvalue weighted by Crippen LogP contribution is -2.32. The molecule has 174 valence electrons. The van der Waals surface area contributed by atoms with Crippen LogP contribution < -0.4 is 5.32 Å². The Morgan fingerprint density at radius 2 is 1.97 bits per heavy atom. The van der Waals surface area contributed by atoms with Gasteiger partial charge in [-0.2, -0.15) is 5.10 Å². The smallest absolute Gasteiger partial charge is 0.0974 e. The summed E-state index contributed by atoms with van der Waals surface area (Å²) in [6.45, 7) is 6.50. The molecule has 0 radical (unpaired) electrons. The first-order chi connectivity index (χ1) is 15.5. The van der Waals surface area contributed by atoms with E-state index in [0.717, 1.165) is 73.2 Å². The van der Waals surface area contributed by atoms with E-state index in [9.17, 15) is 5.11 Å². The average molecular weight is 439 g/mol. The van der Waals surface area contributed by atoms with Gasteiger partial charge < -0.3 is 20.7 Å². The van der Waals surface area contributed by atoms with Gasteiger partial charge in [0.15, 0.2) is 0 Å². The van der Waals surface area contributed by atoms with Gasteiger partial charge in [0.1, 0.15) is 0 Å². The van der Waals surface area contributed by atoms with E-state index in [0.29, 0.717) is 12.1 Å². The van der Waals surface area contributed by atoms with E-state index in [4.69, 9.17) is 10.4 Å². The zero-order valence-electron chi connectivity index (χ0n) is 19.9. The Bertz CT molecular complexity index is 897. The molecule has 1 aliphatic heterocycles. The number of likely N-dealkylation sites (N-methyl/N-ethyl adjacent to an activating group) is 1. The molecular formula is C25H38N6O. The fourth-order valence-electron chi connectivity index (χ4n) is 4.37. The molecule has 1 saturated carbocycles. The van der Waals surface area contributed by atoms with Crippen LogP contribution in [0.3, 0.4) is 0 Å². The van der Waals surface area contributed by atoms with Gasteiger partial charge in [-0.25, -0.2) is 4.99 Å². The van der Waals surface area contributed by atoms with Crippen LogP contribution in [0.5, 0.6) is 0 Å². The van der Waals surface area contributed by atoms with Crippen molar-refractivity contribution in [1.29, 1.82) is 5.41 Å². The molecule has 0 spiro atoms. The van der Waals surface area contributed by atoms with Crippen molar-refractivity contribution in [2.24, 2.45) is 4.99 Å². The summed E-state index contributed by atoms with van der Waals surface area (Å²) in [4.78, 5) is 7.08. The summed E-state index contributed by atoms with van der Waals surface area (Å²) >= 11 is 0. The zero-order valence-corrected chi connectivity index (χ0v) is 19.9. The van der Waals surface area contributed by atoms with Crippen LogP contribution in [0.15, 0.2) is 52.8 Å². The Labute approximate surface area is 192 Å². The lowest BCUT2D eigenvalue weighted by molar-refractivity contribution is 0.119. The average Bonchev–Trinajstić information content (AvgIpc) is 3.27. The number of hydrogen-bond acceptors (Lipinski definition) is 6. The predicted molar refractivity (Wildman–Crippen MR) is 131 cm³/mol. The minimum Gasteiger partial charge on any atom is -0.393 e. The van der Waals surface area contributed by atoms with Crippen LogP contribution in [0.2, 0.25) is 0 Å². The number of nitrogens with one attached hydrogen (secondary N) is 2. The predicted octanol–water partition coefficient (Wildman–Crippen LogP) is 4.54. The molecule has 1 aromatic rings. The lowest BCUT2D eigenvalue weighted by atomic mass is 9.93. The number of rotatable bonds is 9. The molecule has 0 bridgehead atoms. The van der Waals surface area contributed by atoms with E-state index >= 15 is 0 Å². The summed E-state index contributed by atoms with van der Waals surface area (Å²) < 4.78 is 2.05. The molecule has 0 atom stereocenters. The van der Waals surface area contributed by atoms with Crippen LogP contribution >= 0.6 is 0 Å². The minimum atomic E-state index is -0.175. The van der Waals surface area contributed by atoms with Crippen molar-refractivity contribution >= 4 is 11.9 Å². The Morgan fingerprint density at radius 1 is 1.25 bits per heavy atom. The standard InChI is InChI=1S/C25H38N6O/c1-5-8-24-25(19-15-28-31(16-19)21(6-2)7-3)29-23(17-30(24)4)18(13-26)14-27-20-9-11-22(32)12-10-20/h8,13-17,20-22,26-27,32H,5-7,9-12H2,1-4H3/b18-14+,24-8-,26-13?/t20-,22+. The molecule has 3 rings (SSSR count). The van der Waals surface area contributed by atoms with Gasteiger partial charge in [0.25, 0.3) is 0 Å². The first-order valence-corrected chi connectivity index (χ1v) is 11.9. The number of hydrogen-bond donors (Lipinski definition) is 3. The van der Waals surface area contributed by atoms with Crippen molar-refractivity contribution in [2.45, 2.75) is 83.9 Å². The molecule has 1 aromatic heterocycles. The maximum Gasteiger partial charge on any atom is 0.0974 e. The minimum absolute atomic E-state index is 0.175. The summed E-state index contributed by atoms with van der Waals surface area (Å²) in [5.41, 5.74) is 4.43. The van der Waals surface area contributed by atoms with Gasteiger partial charge in [-0.3, -0.25) is 4.68 Å². The van der Waals surface area contributed by atoms with E-state index in [1.165, 1.54) is 6.21 Å². The fourth-order valence-corrected chi connectivity index (χ4v) is 4.37. The second kappa shape index (κ2) is 11.3. The molecule has 32 heavy (non-hydrogen) atoms. The van der Waals surface area contributed by atoms with Crippen molar-refractivity contribution < 1.29 is 5.11 Å². The van der Waals surface area contributed by atoms with Gasteiger partial charge in [-0.05, 0) is 44.9 Å². The number of aliphatic hydroxyl groups excluding tert-OH is 1. The summed E-state index contributed by atoms with van der Waals surface area (Å²) in [6.07, 6.45) is 17.8. The van der Waals surface area contributed by atoms with E-state index in [1.807, 2.05) is 30.3 Å². The third kappa shape index (κ3) is 5.57. The molecule has 0 unspecified atom stereocenters. The van der Waals surface area contributed by atoms with Gasteiger partial charge in [0.2, 0.25) is 0 Å². The van der Waals surface area contributed by atoms with Crippen LogP contribution in [0.25, 0.3) is 0 Å². The molecule has 0 amide bonds. The summed E-state index contributed by atoms with van der Waals surface area (Å²) in [5, 5.41) is 25.8. The fraction of sp³-hybridized carbons (Fsp3) is 0.560. The Morgan fingerprint density at radius 3 is 2.59 bits per heavy atom. The highest BCUT2D eigenvalue weighted by Gasteiger charge is 2.23. The van der Waals surface area contributed by atoms with Gasteiger partial charge in [0.05, 0.1) is 35.4 Å². The van der Waals surface area contributed by atoms with Crippen molar-refractivity contribution in [3.05, 3.63) is 53.4 Å². The van der Waals surface area contributed by atoms with Crippen LogP contribution in [0.1, 0.15) is 77.3 Å². The summed E-state index contributed by atoms with van der Waals surface area (Å²) in [5.74, 6) is 0. The van der Waals surface area contributed by atoms with Crippen molar-refractivity contribution in [1.82, 2.24) is 20.0 Å². The molecule has 3 N–H and O–H groups in total. The second-order valence-electron chi connectivity index (χ2n) is 8.68. The van der Waals surface area contributed by atoms with Gasteiger partial charge in [-0.1, -0.05) is 26.8 Å². The van der Waals surface area contributed by atoms with Crippen LogP contribution in [-0.4, -0.2) is 50.9 Å². The third-order valence-electron chi connectivity index (χ3n) is 6.38. The molecular weight excluding hydrogens is 400 g/mol. The third-order valence-corrected chi connectivity index (χ3v) is 6.38. The van der Waals surface area contributed by atoms with Crippen LogP contribution in [0.4, 0.5) is 0 Å². The molecule has 2 aliphatic rings. The lowest BCUT2D eigenvalue weighted by Gasteiger charge is -2.27. The molecule has 0 saturated heterocycles. The number of aliphatic imine (C=N–C) groups is 1. The first kappa shape index (κ1) is 24.0. The first-order valence-electron chi connectivity index (χ1n) is 11.9. The molecule has 1 fully saturated rings. The summed E-state index contributed by atoms with van der Waals surface area (Å²) in [7, 11) is 2.03. The van der Waals surface area contributed by atoms with Gasteiger partial charge in [0, 0.05) is 49.0 Å². The molecule has 0 aromatic carbocycles. The topological polar surface area (TPSA) is 89.5 Å². The van der Waals surface area contributed by atoms with Crippen molar-refractivity contribution in [3.63, 3.8) is 0 Å². The highest BCUT2D eigenvalue weighted by atomic mass is 16.3. The molecule has 2 heterocycles. The molecule has 7 heteroatoms. The van der Waals surface area contributed by atoms with Crippen LogP contribution in [-0.2, 0) is 0 Å². The van der Waals surface area contributed by atoms with Gasteiger partial charge in [-0.15, -0.1) is 0 Å². The Kier molecular flexibility index (Phi) is 8.45. The largest absolute Gasteiger partial charge is 0.393 e.